The number of carboxylic acids is 1. The molecule has 94 valence electrons. The van der Waals surface area contributed by atoms with Gasteiger partial charge in [-0.2, -0.15) is 0 Å². The van der Waals surface area contributed by atoms with Crippen LogP contribution in [0.4, 0.5) is 0 Å². The summed E-state index contributed by atoms with van der Waals surface area (Å²) in [5.41, 5.74) is 0. The Morgan fingerprint density at radius 2 is 2.25 bits per heavy atom. The van der Waals surface area contributed by atoms with Crippen molar-refractivity contribution in [2.45, 2.75) is 45.8 Å². The van der Waals surface area contributed by atoms with Gasteiger partial charge in [0.15, 0.2) is 0 Å². The second kappa shape index (κ2) is 6.21. The lowest BCUT2D eigenvalue weighted by molar-refractivity contribution is -0.140. The van der Waals surface area contributed by atoms with Gasteiger partial charge in [0.1, 0.15) is 0 Å². The zero-order valence-electron chi connectivity index (χ0n) is 10.5. The van der Waals surface area contributed by atoms with Crippen molar-refractivity contribution >= 4 is 5.97 Å². The lowest BCUT2D eigenvalue weighted by Crippen LogP contribution is -2.45. The maximum atomic E-state index is 10.8. The van der Waals surface area contributed by atoms with Crippen LogP contribution in [0.3, 0.4) is 0 Å². The third kappa shape index (κ3) is 4.49. The Labute approximate surface area is 97.6 Å². The van der Waals surface area contributed by atoms with Crippen LogP contribution in [0.5, 0.6) is 0 Å². The number of aliphatic carboxylic acids is 1. The average Bonchev–Trinajstić information content (AvgIpc) is 2.15. The van der Waals surface area contributed by atoms with Crippen molar-refractivity contribution in [1.29, 1.82) is 0 Å². The molecule has 1 aliphatic rings. The van der Waals surface area contributed by atoms with E-state index in [1.54, 1.807) is 0 Å². The molecular formula is C12H23NO3. The van der Waals surface area contributed by atoms with Gasteiger partial charge < -0.3 is 9.84 Å². The number of carbonyl (C=O) groups is 1. The largest absolute Gasteiger partial charge is 0.480 e. The lowest BCUT2D eigenvalue weighted by Gasteiger charge is -2.36. The van der Waals surface area contributed by atoms with E-state index in [9.17, 15) is 4.79 Å². The monoisotopic (exact) mass is 229 g/mol. The fourth-order valence-electron chi connectivity index (χ4n) is 2.29. The van der Waals surface area contributed by atoms with E-state index >= 15 is 0 Å². The summed E-state index contributed by atoms with van der Waals surface area (Å²) in [7, 11) is 0. The maximum absolute atomic E-state index is 10.8. The maximum Gasteiger partial charge on any atom is 0.317 e. The number of carboxylic acid groups (broad SMARTS) is 1. The zero-order chi connectivity index (χ0) is 12.1. The van der Waals surface area contributed by atoms with E-state index in [0.717, 1.165) is 26.0 Å². The summed E-state index contributed by atoms with van der Waals surface area (Å²) in [5, 5.41) is 8.92. The van der Waals surface area contributed by atoms with E-state index in [1.165, 1.54) is 0 Å². The summed E-state index contributed by atoms with van der Waals surface area (Å²) in [6.45, 7) is 8.05. The molecule has 0 amide bonds. The first-order valence-electron chi connectivity index (χ1n) is 6.06. The third-order valence-electron chi connectivity index (χ3n) is 2.91. The highest BCUT2D eigenvalue weighted by molar-refractivity contribution is 5.69. The van der Waals surface area contributed by atoms with Crippen LogP contribution in [0.2, 0.25) is 0 Å². The standard InChI is InChI=1S/C12H23NO3/c1-9(2)7-13(8-12(14)15)11-4-5-16-10(3)6-11/h9-11H,4-8H2,1-3H3,(H,14,15). The van der Waals surface area contributed by atoms with Gasteiger partial charge in [-0.25, -0.2) is 0 Å². The van der Waals surface area contributed by atoms with Crippen molar-refractivity contribution in [1.82, 2.24) is 4.90 Å². The molecule has 2 atom stereocenters. The molecule has 1 rings (SSSR count). The molecule has 4 nitrogen and oxygen atoms in total. The van der Waals surface area contributed by atoms with E-state index in [1.807, 2.05) is 0 Å². The van der Waals surface area contributed by atoms with Gasteiger partial charge in [0.25, 0.3) is 0 Å². The summed E-state index contributed by atoms with van der Waals surface area (Å²) in [4.78, 5) is 12.9. The highest BCUT2D eigenvalue weighted by Crippen LogP contribution is 2.19. The van der Waals surface area contributed by atoms with Gasteiger partial charge in [-0.3, -0.25) is 9.69 Å². The SMILES string of the molecule is CC(C)CN(CC(=O)O)C1CCOC(C)C1. The van der Waals surface area contributed by atoms with Crippen LogP contribution >= 0.6 is 0 Å². The second-order valence-electron chi connectivity index (χ2n) is 5.08. The summed E-state index contributed by atoms with van der Waals surface area (Å²) in [5.74, 6) is -0.239. The Balaban J connectivity index is 2.55. The molecule has 0 spiro atoms. The Morgan fingerprint density at radius 1 is 1.56 bits per heavy atom. The predicted molar refractivity (Wildman–Crippen MR) is 62.5 cm³/mol. The van der Waals surface area contributed by atoms with Crippen LogP contribution in [0, 0.1) is 5.92 Å². The minimum absolute atomic E-state index is 0.148. The molecule has 1 aliphatic heterocycles. The highest BCUT2D eigenvalue weighted by atomic mass is 16.5. The van der Waals surface area contributed by atoms with Gasteiger partial charge in [0.05, 0.1) is 12.6 Å². The molecule has 4 heteroatoms. The van der Waals surface area contributed by atoms with Crippen LogP contribution in [0.1, 0.15) is 33.6 Å². The quantitative estimate of drug-likeness (QED) is 0.778. The molecule has 1 heterocycles. The molecule has 1 saturated heterocycles. The van der Waals surface area contributed by atoms with Gasteiger partial charge in [-0.15, -0.1) is 0 Å². The van der Waals surface area contributed by atoms with Crippen LogP contribution in [0.15, 0.2) is 0 Å². The number of hydrogen-bond acceptors (Lipinski definition) is 3. The number of hydrogen-bond donors (Lipinski definition) is 1. The lowest BCUT2D eigenvalue weighted by atomic mass is 10.0. The molecule has 1 fully saturated rings. The van der Waals surface area contributed by atoms with Crippen molar-refractivity contribution in [3.05, 3.63) is 0 Å². The first-order valence-corrected chi connectivity index (χ1v) is 6.06. The van der Waals surface area contributed by atoms with Crippen LogP contribution < -0.4 is 0 Å². The minimum atomic E-state index is -0.736. The second-order valence-corrected chi connectivity index (χ2v) is 5.08. The Morgan fingerprint density at radius 3 is 2.75 bits per heavy atom. The van der Waals surface area contributed by atoms with E-state index < -0.39 is 5.97 Å². The molecule has 0 bridgehead atoms. The van der Waals surface area contributed by atoms with E-state index in [2.05, 4.69) is 25.7 Å². The van der Waals surface area contributed by atoms with Gasteiger partial charge in [0.2, 0.25) is 0 Å². The van der Waals surface area contributed by atoms with E-state index in [-0.39, 0.29) is 12.6 Å². The summed E-state index contributed by atoms with van der Waals surface area (Å²) >= 11 is 0. The van der Waals surface area contributed by atoms with Crippen molar-refractivity contribution in [3.8, 4) is 0 Å². The minimum Gasteiger partial charge on any atom is -0.480 e. The predicted octanol–water partition coefficient (Wildman–Crippen LogP) is 1.60. The number of ether oxygens (including phenoxy) is 1. The normalized spacial score (nSPS) is 26.3. The topological polar surface area (TPSA) is 49.8 Å². The van der Waals surface area contributed by atoms with E-state index in [4.69, 9.17) is 9.84 Å². The van der Waals surface area contributed by atoms with Crippen molar-refractivity contribution in [2.75, 3.05) is 19.7 Å². The Bertz CT molecular complexity index is 230. The average molecular weight is 229 g/mol. The van der Waals surface area contributed by atoms with Crippen LogP contribution in [-0.2, 0) is 9.53 Å². The molecule has 16 heavy (non-hydrogen) atoms. The van der Waals surface area contributed by atoms with E-state index in [0.29, 0.717) is 12.0 Å². The first-order chi connectivity index (χ1) is 7.49. The highest BCUT2D eigenvalue weighted by Gasteiger charge is 2.26. The van der Waals surface area contributed by atoms with Gasteiger partial charge in [-0.05, 0) is 25.7 Å². The molecule has 0 aromatic heterocycles. The van der Waals surface area contributed by atoms with Gasteiger partial charge >= 0.3 is 5.97 Å². The molecule has 2 unspecified atom stereocenters. The van der Waals surface area contributed by atoms with Crippen LogP contribution in [0.25, 0.3) is 0 Å². The fourth-order valence-corrected chi connectivity index (χ4v) is 2.29. The molecular weight excluding hydrogens is 206 g/mol. The Kier molecular flexibility index (Phi) is 5.22. The first kappa shape index (κ1) is 13.5. The number of rotatable bonds is 5. The molecule has 0 aromatic carbocycles. The fraction of sp³-hybridized carbons (Fsp3) is 0.917. The summed E-state index contributed by atoms with van der Waals surface area (Å²) < 4.78 is 5.49. The van der Waals surface area contributed by atoms with Gasteiger partial charge in [0, 0.05) is 19.2 Å². The molecule has 0 aliphatic carbocycles. The zero-order valence-corrected chi connectivity index (χ0v) is 10.5. The van der Waals surface area contributed by atoms with Crippen molar-refractivity contribution < 1.29 is 14.6 Å². The summed E-state index contributed by atoms with van der Waals surface area (Å²) in [6, 6.07) is 0.363. The van der Waals surface area contributed by atoms with Crippen molar-refractivity contribution in [3.63, 3.8) is 0 Å². The van der Waals surface area contributed by atoms with Crippen molar-refractivity contribution in [2.24, 2.45) is 5.92 Å². The molecule has 0 radical (unpaired) electrons. The molecule has 1 N–H and O–H groups in total. The third-order valence-corrected chi connectivity index (χ3v) is 2.91. The number of nitrogens with zero attached hydrogens (tertiary/aromatic N) is 1. The van der Waals surface area contributed by atoms with Crippen LogP contribution in [-0.4, -0.2) is 47.8 Å². The Hall–Kier alpha value is -0.610. The molecule has 0 aromatic rings. The summed E-state index contributed by atoms with van der Waals surface area (Å²) in [6.07, 6.45) is 2.15. The van der Waals surface area contributed by atoms with Gasteiger partial charge in [-0.1, -0.05) is 13.8 Å². The molecule has 0 saturated carbocycles. The smallest absolute Gasteiger partial charge is 0.317 e.